The largest absolute Gasteiger partial charge is 0.432 e. The predicted octanol–water partition coefficient (Wildman–Crippen LogP) is 5.06. The minimum atomic E-state index is -4.79. The van der Waals surface area contributed by atoms with Crippen LogP contribution in [0.3, 0.4) is 0 Å². The molecule has 1 aromatic heterocycles. The lowest BCUT2D eigenvalue weighted by molar-refractivity contribution is -0.144. The number of thiazole rings is 1. The van der Waals surface area contributed by atoms with E-state index in [-0.39, 0.29) is 11.3 Å². The van der Waals surface area contributed by atoms with Crippen molar-refractivity contribution in [1.29, 1.82) is 0 Å². The van der Waals surface area contributed by atoms with E-state index in [1.165, 1.54) is 0 Å². The number of aromatic nitrogens is 1. The highest BCUT2D eigenvalue weighted by molar-refractivity contribution is 7.09. The van der Waals surface area contributed by atoms with Crippen LogP contribution in [0.4, 0.5) is 26.3 Å². The maximum Gasteiger partial charge on any atom is 0.432 e. The highest BCUT2D eigenvalue weighted by Gasteiger charge is 2.57. The Hall–Kier alpha value is -1.40. The van der Waals surface area contributed by atoms with Crippen molar-refractivity contribution in [3.05, 3.63) is 31.3 Å². The summed E-state index contributed by atoms with van der Waals surface area (Å²) in [6, 6.07) is 0. The molecule has 1 aliphatic rings. The lowest BCUT2D eigenvalue weighted by atomic mass is 10.1. The van der Waals surface area contributed by atoms with Crippen molar-refractivity contribution < 1.29 is 26.3 Å². The molecule has 0 bridgehead atoms. The summed E-state index contributed by atoms with van der Waals surface area (Å²) < 4.78 is 78.4. The van der Waals surface area contributed by atoms with Crippen molar-refractivity contribution in [3.63, 3.8) is 0 Å². The topological polar surface area (TPSA) is 22.0 Å². The molecule has 26 heavy (non-hydrogen) atoms. The quantitative estimate of drug-likeness (QED) is 0.495. The van der Waals surface area contributed by atoms with Crippen LogP contribution < -0.4 is 4.87 Å². The first-order valence-electron chi connectivity index (χ1n) is 7.39. The van der Waals surface area contributed by atoms with Crippen molar-refractivity contribution in [3.8, 4) is 12.3 Å². The van der Waals surface area contributed by atoms with Crippen LogP contribution in [0.2, 0.25) is 0 Å². The average Bonchev–Trinajstić information content (AvgIpc) is 2.80. The van der Waals surface area contributed by atoms with Crippen molar-refractivity contribution in [1.82, 2.24) is 4.57 Å². The molecule has 0 aliphatic heterocycles. The predicted molar refractivity (Wildman–Crippen MR) is 86.9 cm³/mol. The monoisotopic (exact) mass is 417 g/mol. The summed E-state index contributed by atoms with van der Waals surface area (Å²) in [6.07, 6.45) is -3.82. The lowest BCUT2D eigenvalue weighted by Gasteiger charge is -2.11. The molecule has 0 radical (unpaired) electrons. The number of terminal acetylenes is 1. The van der Waals surface area contributed by atoms with E-state index >= 15 is 0 Å². The van der Waals surface area contributed by atoms with Crippen molar-refractivity contribution in [2.24, 2.45) is 17.3 Å². The minimum absolute atomic E-state index is 0.178. The maximum atomic E-state index is 13.4. The first-order valence-corrected chi connectivity index (χ1v) is 8.58. The second-order valence-corrected chi connectivity index (χ2v) is 8.05. The third-order valence-corrected chi connectivity index (χ3v) is 5.97. The van der Waals surface area contributed by atoms with Crippen LogP contribution in [0, 0.1) is 29.6 Å². The summed E-state index contributed by atoms with van der Waals surface area (Å²) in [7, 11) is 0. The van der Waals surface area contributed by atoms with Crippen LogP contribution in [0.25, 0.3) is 0 Å². The zero-order valence-electron chi connectivity index (χ0n) is 13.6. The Morgan fingerprint density at radius 2 is 1.92 bits per heavy atom. The molecule has 0 amide bonds. The second-order valence-electron chi connectivity index (χ2n) is 6.60. The molecule has 2 rings (SSSR count). The van der Waals surface area contributed by atoms with Gasteiger partial charge in [-0.05, 0) is 23.7 Å². The molecular formula is C16H14ClF6NOS. The standard InChI is InChI=1S/C16H14ClF6NOS/c1-4-5-24-12(16(21,22)23)10(26-13(24)25)6-8-9(14(8,2)3)7-11(17)15(18,19)20/h1,7-9H,5-6H2,2-3H3/t8-,9+/m1/s1. The van der Waals surface area contributed by atoms with Gasteiger partial charge in [-0.2, -0.15) is 26.3 Å². The van der Waals surface area contributed by atoms with Crippen LogP contribution in [-0.2, 0) is 19.1 Å². The molecular weight excluding hydrogens is 404 g/mol. The van der Waals surface area contributed by atoms with Gasteiger partial charge in [-0.15, -0.1) is 6.42 Å². The maximum absolute atomic E-state index is 13.4. The highest BCUT2D eigenvalue weighted by Crippen LogP contribution is 2.61. The number of nitrogens with zero attached hydrogens (tertiary/aromatic N) is 1. The van der Waals surface area contributed by atoms with Crippen LogP contribution in [0.5, 0.6) is 0 Å². The smallest absolute Gasteiger partial charge is 0.283 e. The summed E-state index contributed by atoms with van der Waals surface area (Å²) >= 11 is 5.66. The Balaban J connectivity index is 2.37. The first-order chi connectivity index (χ1) is 11.7. The van der Waals surface area contributed by atoms with Crippen molar-refractivity contribution in [2.75, 3.05) is 0 Å². The van der Waals surface area contributed by atoms with Gasteiger partial charge in [0.1, 0.15) is 10.7 Å². The van der Waals surface area contributed by atoms with Gasteiger partial charge in [0.05, 0.1) is 6.54 Å². The molecule has 1 fully saturated rings. The fraction of sp³-hybridized carbons (Fsp3) is 0.562. The van der Waals surface area contributed by atoms with Gasteiger partial charge in [0.25, 0.3) is 0 Å². The van der Waals surface area contributed by atoms with E-state index in [1.807, 2.05) is 5.92 Å². The average molecular weight is 418 g/mol. The molecule has 0 saturated heterocycles. The van der Waals surface area contributed by atoms with Gasteiger partial charge in [-0.3, -0.25) is 9.36 Å². The molecule has 1 heterocycles. The molecule has 2 atom stereocenters. The van der Waals surface area contributed by atoms with Crippen molar-refractivity contribution in [2.45, 2.75) is 39.2 Å². The van der Waals surface area contributed by atoms with Crippen LogP contribution in [0.15, 0.2) is 15.9 Å². The fourth-order valence-corrected chi connectivity index (χ4v) is 4.29. The Labute approximate surface area is 154 Å². The van der Waals surface area contributed by atoms with Gasteiger partial charge < -0.3 is 0 Å². The van der Waals surface area contributed by atoms with E-state index in [4.69, 9.17) is 18.0 Å². The second kappa shape index (κ2) is 6.64. The molecule has 1 aliphatic carbocycles. The Morgan fingerprint density at radius 3 is 2.38 bits per heavy atom. The van der Waals surface area contributed by atoms with Crippen LogP contribution in [0.1, 0.15) is 24.4 Å². The summed E-state index contributed by atoms with van der Waals surface area (Å²) in [5.41, 5.74) is -1.80. The molecule has 0 spiro atoms. The fourth-order valence-electron chi connectivity index (χ4n) is 3.09. The summed E-state index contributed by atoms with van der Waals surface area (Å²) in [5, 5.41) is -1.30. The van der Waals surface area contributed by atoms with Gasteiger partial charge in [0, 0.05) is 4.88 Å². The molecule has 1 aromatic rings. The normalized spacial score (nSPS) is 23.0. The number of rotatable bonds is 4. The SMILES string of the molecule is C#CCn1c(C(F)(F)F)c(C[C@@H]2[C@H](C=C(Cl)C(F)(F)F)C2(C)C)sc1=O. The number of alkyl halides is 6. The van der Waals surface area contributed by atoms with Crippen LogP contribution >= 0.6 is 22.9 Å². The zero-order valence-corrected chi connectivity index (χ0v) is 15.2. The van der Waals surface area contributed by atoms with Gasteiger partial charge in [0.15, 0.2) is 0 Å². The lowest BCUT2D eigenvalue weighted by Crippen LogP contribution is -2.22. The Morgan fingerprint density at radius 1 is 1.35 bits per heavy atom. The Kier molecular flexibility index (Phi) is 5.34. The van der Waals surface area contributed by atoms with Gasteiger partial charge in [0.2, 0.25) is 0 Å². The first kappa shape index (κ1) is 20.9. The summed E-state index contributed by atoms with van der Waals surface area (Å²) in [6.45, 7) is 2.77. The van der Waals surface area contributed by atoms with E-state index in [0.29, 0.717) is 15.9 Å². The third kappa shape index (κ3) is 3.96. The van der Waals surface area contributed by atoms with E-state index in [0.717, 1.165) is 6.08 Å². The van der Waals surface area contributed by atoms with Crippen LogP contribution in [-0.4, -0.2) is 10.7 Å². The molecule has 144 valence electrons. The molecule has 1 saturated carbocycles. The Bertz CT molecular complexity index is 824. The highest BCUT2D eigenvalue weighted by atomic mass is 35.5. The zero-order chi connectivity index (χ0) is 20.1. The van der Waals surface area contributed by atoms with Gasteiger partial charge in [-0.25, -0.2) is 0 Å². The van der Waals surface area contributed by atoms with E-state index < -0.39 is 51.7 Å². The molecule has 0 unspecified atom stereocenters. The molecule has 2 nitrogen and oxygen atoms in total. The van der Waals surface area contributed by atoms with Gasteiger partial charge >= 0.3 is 17.2 Å². The van der Waals surface area contributed by atoms with E-state index in [1.54, 1.807) is 13.8 Å². The summed E-state index contributed by atoms with van der Waals surface area (Å²) in [4.78, 5) is 10.8. The van der Waals surface area contributed by atoms with E-state index in [9.17, 15) is 31.1 Å². The van der Waals surface area contributed by atoms with Crippen molar-refractivity contribution >= 4 is 22.9 Å². The molecule has 0 N–H and O–H groups in total. The number of hydrogen-bond acceptors (Lipinski definition) is 2. The number of halogens is 7. The molecule has 0 aromatic carbocycles. The minimum Gasteiger partial charge on any atom is -0.283 e. The van der Waals surface area contributed by atoms with E-state index in [2.05, 4.69) is 0 Å². The number of allylic oxidation sites excluding steroid dienone is 2. The summed E-state index contributed by atoms with van der Waals surface area (Å²) in [5.74, 6) is 0.860. The molecule has 10 heteroatoms. The third-order valence-electron chi connectivity index (χ3n) is 4.62. The number of hydrogen-bond donors (Lipinski definition) is 0. The van der Waals surface area contributed by atoms with Gasteiger partial charge in [-0.1, -0.05) is 48.8 Å².